The molecule has 94 valence electrons. The third-order valence-corrected chi connectivity index (χ3v) is 4.10. The summed E-state index contributed by atoms with van der Waals surface area (Å²) < 4.78 is 11.0. The Hall–Kier alpha value is -0.120. The van der Waals surface area contributed by atoms with E-state index >= 15 is 0 Å². The molecule has 2 fully saturated rings. The van der Waals surface area contributed by atoms with Crippen LogP contribution in [-0.2, 0) is 9.47 Å². The SMILES string of the molecule is CC(NCCCOC1CCOC1)C1(C)CC1. The van der Waals surface area contributed by atoms with Gasteiger partial charge in [0.2, 0.25) is 0 Å². The third-order valence-electron chi connectivity index (χ3n) is 4.10. The second-order valence-corrected chi connectivity index (χ2v) is 5.54. The Kier molecular flexibility index (Phi) is 4.22. The Bertz CT molecular complexity index is 210. The molecule has 1 heterocycles. The van der Waals surface area contributed by atoms with Crippen LogP contribution in [0.4, 0.5) is 0 Å². The van der Waals surface area contributed by atoms with Crippen molar-refractivity contribution in [2.75, 3.05) is 26.4 Å². The summed E-state index contributed by atoms with van der Waals surface area (Å²) in [5.41, 5.74) is 0.583. The summed E-state index contributed by atoms with van der Waals surface area (Å²) in [5, 5.41) is 3.60. The van der Waals surface area contributed by atoms with Crippen molar-refractivity contribution in [3.63, 3.8) is 0 Å². The minimum absolute atomic E-state index is 0.360. The largest absolute Gasteiger partial charge is 0.379 e. The molecule has 3 heteroatoms. The van der Waals surface area contributed by atoms with E-state index in [9.17, 15) is 0 Å². The van der Waals surface area contributed by atoms with Gasteiger partial charge in [0.05, 0.1) is 12.7 Å². The molecule has 16 heavy (non-hydrogen) atoms. The number of hydrogen-bond donors (Lipinski definition) is 1. The van der Waals surface area contributed by atoms with Gasteiger partial charge in [0.15, 0.2) is 0 Å². The van der Waals surface area contributed by atoms with Crippen molar-refractivity contribution in [1.29, 1.82) is 0 Å². The lowest BCUT2D eigenvalue weighted by Gasteiger charge is -2.20. The molecule has 0 aromatic heterocycles. The normalized spacial score (nSPS) is 29.2. The molecule has 1 N–H and O–H groups in total. The van der Waals surface area contributed by atoms with E-state index in [0.29, 0.717) is 17.6 Å². The zero-order valence-corrected chi connectivity index (χ0v) is 10.6. The molecule has 1 saturated heterocycles. The van der Waals surface area contributed by atoms with Crippen molar-refractivity contribution in [2.24, 2.45) is 5.41 Å². The maximum atomic E-state index is 5.72. The summed E-state index contributed by atoms with van der Waals surface area (Å²) in [5.74, 6) is 0. The van der Waals surface area contributed by atoms with Crippen LogP contribution >= 0.6 is 0 Å². The van der Waals surface area contributed by atoms with E-state index in [0.717, 1.165) is 39.2 Å². The number of rotatable bonds is 7. The molecule has 1 aliphatic carbocycles. The average molecular weight is 227 g/mol. The molecular weight excluding hydrogens is 202 g/mol. The number of nitrogens with one attached hydrogen (secondary N) is 1. The smallest absolute Gasteiger partial charge is 0.0830 e. The second kappa shape index (κ2) is 5.48. The second-order valence-electron chi connectivity index (χ2n) is 5.54. The standard InChI is InChI=1S/C13H25NO2/c1-11(13(2)5-6-13)14-7-3-8-16-12-4-9-15-10-12/h11-12,14H,3-10H2,1-2H3. The van der Waals surface area contributed by atoms with Crippen molar-refractivity contribution in [2.45, 2.75) is 51.7 Å². The van der Waals surface area contributed by atoms with Crippen LogP contribution in [0, 0.1) is 5.41 Å². The molecule has 2 atom stereocenters. The fourth-order valence-electron chi connectivity index (χ4n) is 2.16. The summed E-state index contributed by atoms with van der Waals surface area (Å²) in [6.07, 6.45) is 5.31. The van der Waals surface area contributed by atoms with Crippen LogP contribution in [0.2, 0.25) is 0 Å². The Morgan fingerprint density at radius 1 is 1.50 bits per heavy atom. The van der Waals surface area contributed by atoms with Crippen molar-refractivity contribution in [1.82, 2.24) is 5.32 Å². The van der Waals surface area contributed by atoms with Gasteiger partial charge in [0.1, 0.15) is 0 Å². The van der Waals surface area contributed by atoms with Crippen LogP contribution in [0.3, 0.4) is 0 Å². The van der Waals surface area contributed by atoms with Gasteiger partial charge in [-0.2, -0.15) is 0 Å². The average Bonchev–Trinajstić information content (AvgIpc) is 2.81. The van der Waals surface area contributed by atoms with Gasteiger partial charge in [-0.05, 0) is 44.6 Å². The first-order valence-corrected chi connectivity index (χ1v) is 6.63. The van der Waals surface area contributed by atoms with Gasteiger partial charge in [-0.15, -0.1) is 0 Å². The summed E-state index contributed by atoms with van der Waals surface area (Å²) in [6.45, 7) is 8.28. The molecule has 0 amide bonds. The third kappa shape index (κ3) is 3.44. The van der Waals surface area contributed by atoms with Gasteiger partial charge in [-0.1, -0.05) is 6.92 Å². The molecule has 2 unspecified atom stereocenters. The van der Waals surface area contributed by atoms with Crippen LogP contribution in [0.15, 0.2) is 0 Å². The molecule has 0 aromatic rings. The number of ether oxygens (including phenoxy) is 2. The number of hydrogen-bond acceptors (Lipinski definition) is 3. The lowest BCUT2D eigenvalue weighted by Crippen LogP contribution is -2.34. The molecule has 1 saturated carbocycles. The molecule has 0 radical (unpaired) electrons. The summed E-state index contributed by atoms with van der Waals surface area (Å²) in [7, 11) is 0. The summed E-state index contributed by atoms with van der Waals surface area (Å²) in [6, 6.07) is 0.655. The molecular formula is C13H25NO2. The highest BCUT2D eigenvalue weighted by molar-refractivity contribution is 4.96. The Morgan fingerprint density at radius 2 is 2.31 bits per heavy atom. The lowest BCUT2D eigenvalue weighted by atomic mass is 10.0. The lowest BCUT2D eigenvalue weighted by molar-refractivity contribution is 0.0412. The first kappa shape index (κ1) is 12.3. The molecule has 0 aromatic carbocycles. The molecule has 2 rings (SSSR count). The molecule has 0 spiro atoms. The molecule has 0 bridgehead atoms. The highest BCUT2D eigenvalue weighted by Crippen LogP contribution is 2.47. The van der Waals surface area contributed by atoms with Gasteiger partial charge >= 0.3 is 0 Å². The highest BCUT2D eigenvalue weighted by atomic mass is 16.5. The van der Waals surface area contributed by atoms with Crippen molar-refractivity contribution >= 4 is 0 Å². The van der Waals surface area contributed by atoms with Crippen LogP contribution in [0.1, 0.15) is 39.5 Å². The first-order chi connectivity index (χ1) is 7.71. The Labute approximate surface area is 98.9 Å². The van der Waals surface area contributed by atoms with E-state index in [1.807, 2.05) is 0 Å². The van der Waals surface area contributed by atoms with E-state index < -0.39 is 0 Å². The minimum Gasteiger partial charge on any atom is -0.379 e. The van der Waals surface area contributed by atoms with Gasteiger partial charge in [-0.25, -0.2) is 0 Å². The fourth-order valence-corrected chi connectivity index (χ4v) is 2.16. The fraction of sp³-hybridized carbons (Fsp3) is 1.00. The zero-order valence-electron chi connectivity index (χ0n) is 10.6. The van der Waals surface area contributed by atoms with Gasteiger partial charge in [0, 0.05) is 19.3 Å². The van der Waals surface area contributed by atoms with Crippen LogP contribution in [-0.4, -0.2) is 38.5 Å². The summed E-state index contributed by atoms with van der Waals surface area (Å²) >= 11 is 0. The van der Waals surface area contributed by atoms with Gasteiger partial charge < -0.3 is 14.8 Å². The van der Waals surface area contributed by atoms with E-state index in [1.165, 1.54) is 12.8 Å². The van der Waals surface area contributed by atoms with Gasteiger partial charge in [0.25, 0.3) is 0 Å². The predicted octanol–water partition coefficient (Wildman–Crippen LogP) is 1.96. The van der Waals surface area contributed by atoms with Crippen molar-refractivity contribution < 1.29 is 9.47 Å². The van der Waals surface area contributed by atoms with Crippen LogP contribution < -0.4 is 5.32 Å². The van der Waals surface area contributed by atoms with Crippen LogP contribution in [0.5, 0.6) is 0 Å². The monoisotopic (exact) mass is 227 g/mol. The zero-order chi connectivity index (χ0) is 11.4. The minimum atomic E-state index is 0.360. The van der Waals surface area contributed by atoms with Crippen molar-refractivity contribution in [3.8, 4) is 0 Å². The van der Waals surface area contributed by atoms with Crippen LogP contribution in [0.25, 0.3) is 0 Å². The quantitative estimate of drug-likeness (QED) is 0.674. The van der Waals surface area contributed by atoms with Crippen molar-refractivity contribution in [3.05, 3.63) is 0 Å². The van der Waals surface area contributed by atoms with E-state index in [2.05, 4.69) is 19.2 Å². The van der Waals surface area contributed by atoms with E-state index in [1.54, 1.807) is 0 Å². The predicted molar refractivity (Wildman–Crippen MR) is 64.6 cm³/mol. The van der Waals surface area contributed by atoms with E-state index in [4.69, 9.17) is 9.47 Å². The maximum Gasteiger partial charge on any atom is 0.0830 e. The molecule has 1 aliphatic heterocycles. The first-order valence-electron chi connectivity index (χ1n) is 6.63. The molecule has 2 aliphatic rings. The van der Waals surface area contributed by atoms with Gasteiger partial charge in [-0.3, -0.25) is 0 Å². The maximum absolute atomic E-state index is 5.72. The highest BCUT2D eigenvalue weighted by Gasteiger charge is 2.41. The van der Waals surface area contributed by atoms with E-state index in [-0.39, 0.29) is 0 Å². The Morgan fingerprint density at radius 3 is 2.94 bits per heavy atom. The summed E-state index contributed by atoms with van der Waals surface area (Å²) in [4.78, 5) is 0. The molecule has 3 nitrogen and oxygen atoms in total. The Balaban J connectivity index is 1.45. The topological polar surface area (TPSA) is 30.5 Å².